The summed E-state index contributed by atoms with van der Waals surface area (Å²) in [6.45, 7) is 5.35. The minimum Gasteiger partial charge on any atom is -0.502 e. The fraction of sp³-hybridized carbons (Fsp3) is 0.467. The van der Waals surface area contributed by atoms with Crippen LogP contribution in [0.2, 0.25) is 5.02 Å². The number of hydrogen-bond donors (Lipinski definition) is 1. The molecule has 13 nitrogen and oxygen atoms in total. The Morgan fingerprint density at radius 2 is 1.48 bits per heavy atom. The third-order valence-electron chi connectivity index (χ3n) is 6.98. The summed E-state index contributed by atoms with van der Waals surface area (Å²) in [5.74, 6) is -7.91. The van der Waals surface area contributed by atoms with E-state index in [9.17, 15) is 34.4 Å². The number of nitro groups is 1. The van der Waals surface area contributed by atoms with Gasteiger partial charge in [0, 0.05) is 18.0 Å². The number of carbonyl (C=O) groups excluding carboxylic acids is 4. The van der Waals surface area contributed by atoms with Crippen LogP contribution in [0.25, 0.3) is 0 Å². The Hall–Kier alpha value is -4.23. The number of rotatable bonds is 12. The molecule has 14 heteroatoms. The molecule has 0 aliphatic carbocycles. The number of aromatic hydroxyl groups is 1. The number of hydrogen-bond acceptors (Lipinski definition) is 12. The summed E-state index contributed by atoms with van der Waals surface area (Å²) in [4.78, 5) is 62.6. The second kappa shape index (κ2) is 15.5. The predicted molar refractivity (Wildman–Crippen MR) is 154 cm³/mol. The highest BCUT2D eigenvalue weighted by Gasteiger charge is 2.57. The summed E-state index contributed by atoms with van der Waals surface area (Å²) < 4.78 is 27.4. The average molecular weight is 636 g/mol. The van der Waals surface area contributed by atoms with Crippen LogP contribution in [0.15, 0.2) is 36.4 Å². The molecule has 238 valence electrons. The Bertz CT molecular complexity index is 1400. The summed E-state index contributed by atoms with van der Waals surface area (Å²) in [6, 6.07) is 8.62. The normalized spacial score (nSPS) is 21.2. The molecule has 0 aromatic heterocycles. The van der Waals surface area contributed by atoms with E-state index in [0.717, 1.165) is 0 Å². The molecule has 1 aliphatic rings. The molecule has 1 aliphatic heterocycles. The first-order chi connectivity index (χ1) is 20.9. The van der Waals surface area contributed by atoms with Crippen LogP contribution in [0.5, 0.6) is 5.75 Å². The fourth-order valence-corrected chi connectivity index (χ4v) is 5.34. The van der Waals surface area contributed by atoms with Crippen molar-refractivity contribution < 1.29 is 52.9 Å². The standard InChI is InChI=1S/C30H34ClNO12/c1-5-40-28(35)24-23(15-43-16(4)33)44-27(26(30(37)42-7-3)25(24)29(36)41-6-2)18-9-10-20(31)19(14-18)12-17-8-11-22(34)21(13-17)32(38)39/h8-11,13-14,23-27,34H,5-7,12,15H2,1-4H3/t23-,24-,25-,26-,27+/m0/s1. The first-order valence-electron chi connectivity index (χ1n) is 14.0. The summed E-state index contributed by atoms with van der Waals surface area (Å²) >= 11 is 6.49. The number of nitrogens with zero attached hydrogens (tertiary/aromatic N) is 1. The van der Waals surface area contributed by atoms with E-state index in [4.69, 9.17) is 35.3 Å². The summed E-state index contributed by atoms with van der Waals surface area (Å²) in [7, 11) is 0. The minimum atomic E-state index is -1.44. The van der Waals surface area contributed by atoms with Gasteiger partial charge in [-0.3, -0.25) is 29.3 Å². The molecule has 0 unspecified atom stereocenters. The molecular weight excluding hydrogens is 602 g/mol. The predicted octanol–water partition coefficient (Wildman–Crippen LogP) is 4.09. The van der Waals surface area contributed by atoms with E-state index in [-0.39, 0.29) is 31.3 Å². The van der Waals surface area contributed by atoms with Crippen LogP contribution in [0.4, 0.5) is 5.69 Å². The Labute approximate surface area is 258 Å². The second-order valence-electron chi connectivity index (χ2n) is 9.84. The Morgan fingerprint density at radius 1 is 0.886 bits per heavy atom. The zero-order valence-electron chi connectivity index (χ0n) is 24.6. The van der Waals surface area contributed by atoms with E-state index in [0.29, 0.717) is 16.7 Å². The van der Waals surface area contributed by atoms with E-state index in [1.54, 1.807) is 32.9 Å². The molecule has 0 amide bonds. The van der Waals surface area contributed by atoms with Crippen molar-refractivity contribution in [2.45, 2.75) is 46.3 Å². The van der Waals surface area contributed by atoms with E-state index in [1.807, 2.05) is 0 Å². The maximum absolute atomic E-state index is 13.5. The van der Waals surface area contributed by atoms with Crippen LogP contribution in [-0.2, 0) is 49.3 Å². The number of nitro benzene ring substituents is 1. The lowest BCUT2D eigenvalue weighted by Crippen LogP contribution is -2.55. The summed E-state index contributed by atoms with van der Waals surface area (Å²) in [5, 5.41) is 21.5. The van der Waals surface area contributed by atoms with Crippen molar-refractivity contribution in [3.05, 3.63) is 68.2 Å². The lowest BCUT2D eigenvalue weighted by Gasteiger charge is -2.43. The molecule has 0 radical (unpaired) electrons. The van der Waals surface area contributed by atoms with Gasteiger partial charge >= 0.3 is 29.6 Å². The molecule has 0 spiro atoms. The van der Waals surface area contributed by atoms with Crippen molar-refractivity contribution in [3.8, 4) is 5.75 Å². The monoisotopic (exact) mass is 635 g/mol. The Kier molecular flexibility index (Phi) is 12.1. The Balaban J connectivity index is 2.17. The SMILES string of the molecule is CCOC(=O)[C@H]1[C@@H](C(=O)OCC)[C@H](COC(C)=O)O[C@H](c2ccc(Cl)c(Cc3ccc(O)c([N+](=O)[O-])c3)c2)[C@H]1C(=O)OCC. The molecule has 44 heavy (non-hydrogen) atoms. The molecule has 0 bridgehead atoms. The number of benzene rings is 2. The van der Waals surface area contributed by atoms with Crippen LogP contribution in [-0.4, -0.2) is 66.4 Å². The number of phenols is 1. The number of phenolic OH excluding ortho intramolecular Hbond substituents is 1. The third kappa shape index (κ3) is 8.03. The largest absolute Gasteiger partial charge is 0.502 e. The van der Waals surface area contributed by atoms with Crippen LogP contribution in [0, 0.1) is 27.9 Å². The van der Waals surface area contributed by atoms with E-state index < -0.39 is 76.8 Å². The van der Waals surface area contributed by atoms with Gasteiger partial charge in [-0.2, -0.15) is 0 Å². The molecule has 3 rings (SSSR count). The Morgan fingerprint density at radius 3 is 2.05 bits per heavy atom. The van der Waals surface area contributed by atoms with Gasteiger partial charge in [-0.25, -0.2) is 0 Å². The van der Waals surface area contributed by atoms with Crippen molar-refractivity contribution in [3.63, 3.8) is 0 Å². The molecule has 5 atom stereocenters. The lowest BCUT2D eigenvalue weighted by molar-refractivity contribution is -0.385. The minimum absolute atomic E-state index is 0.0331. The number of esters is 4. The summed E-state index contributed by atoms with van der Waals surface area (Å²) in [6.07, 6.45) is -2.34. The van der Waals surface area contributed by atoms with Gasteiger partial charge in [-0.1, -0.05) is 29.8 Å². The third-order valence-corrected chi connectivity index (χ3v) is 7.35. The fourth-order valence-electron chi connectivity index (χ4n) is 5.16. The maximum Gasteiger partial charge on any atom is 0.312 e. The molecule has 1 fully saturated rings. The first kappa shape index (κ1) is 34.3. The van der Waals surface area contributed by atoms with Gasteiger partial charge in [0.05, 0.1) is 36.8 Å². The highest BCUT2D eigenvalue weighted by molar-refractivity contribution is 6.31. The van der Waals surface area contributed by atoms with Gasteiger partial charge in [0.2, 0.25) is 0 Å². The van der Waals surface area contributed by atoms with Crippen LogP contribution in [0.3, 0.4) is 0 Å². The van der Waals surface area contributed by atoms with Gasteiger partial charge in [0.15, 0.2) is 5.75 Å². The topological polar surface area (TPSA) is 178 Å². The van der Waals surface area contributed by atoms with Crippen LogP contribution >= 0.6 is 11.6 Å². The zero-order valence-corrected chi connectivity index (χ0v) is 25.4. The average Bonchev–Trinajstić information content (AvgIpc) is 2.97. The van der Waals surface area contributed by atoms with Gasteiger partial charge in [-0.05, 0) is 56.0 Å². The van der Waals surface area contributed by atoms with E-state index in [2.05, 4.69) is 0 Å². The molecule has 1 N–H and O–H groups in total. The highest BCUT2D eigenvalue weighted by Crippen LogP contribution is 2.46. The van der Waals surface area contributed by atoms with Crippen molar-refractivity contribution in [2.24, 2.45) is 17.8 Å². The summed E-state index contributed by atoms with van der Waals surface area (Å²) in [5.41, 5.74) is 0.815. The van der Waals surface area contributed by atoms with Gasteiger partial charge in [0.25, 0.3) is 0 Å². The molecule has 1 heterocycles. The molecule has 2 aromatic carbocycles. The number of carbonyl (C=O) groups is 4. The smallest absolute Gasteiger partial charge is 0.312 e. The molecular formula is C30H34ClNO12. The zero-order chi connectivity index (χ0) is 32.6. The van der Waals surface area contributed by atoms with E-state index >= 15 is 0 Å². The molecule has 1 saturated heterocycles. The quantitative estimate of drug-likeness (QED) is 0.153. The number of halogens is 1. The lowest BCUT2D eigenvalue weighted by atomic mass is 9.71. The molecule has 2 aromatic rings. The first-order valence-corrected chi connectivity index (χ1v) is 14.3. The van der Waals surface area contributed by atoms with Crippen molar-refractivity contribution in [1.29, 1.82) is 0 Å². The second-order valence-corrected chi connectivity index (χ2v) is 10.2. The van der Waals surface area contributed by atoms with Crippen molar-refractivity contribution in [1.82, 2.24) is 0 Å². The van der Waals surface area contributed by atoms with Gasteiger partial charge in [0.1, 0.15) is 24.5 Å². The van der Waals surface area contributed by atoms with E-state index in [1.165, 1.54) is 31.2 Å². The van der Waals surface area contributed by atoms with Crippen molar-refractivity contribution >= 4 is 41.2 Å². The van der Waals surface area contributed by atoms with Gasteiger partial charge in [-0.15, -0.1) is 0 Å². The van der Waals surface area contributed by atoms with Crippen LogP contribution in [0.1, 0.15) is 50.5 Å². The molecule has 0 saturated carbocycles. The maximum atomic E-state index is 13.5. The van der Waals surface area contributed by atoms with Crippen LogP contribution < -0.4 is 0 Å². The van der Waals surface area contributed by atoms with Crippen molar-refractivity contribution in [2.75, 3.05) is 26.4 Å². The number of ether oxygens (including phenoxy) is 5. The van der Waals surface area contributed by atoms with Gasteiger partial charge < -0.3 is 28.8 Å². The highest BCUT2D eigenvalue weighted by atomic mass is 35.5.